The molecule has 1 aliphatic heterocycles. The van der Waals surface area contributed by atoms with Crippen molar-refractivity contribution in [3.8, 4) is 5.88 Å². The molecule has 1 aromatic rings. The van der Waals surface area contributed by atoms with Gasteiger partial charge in [-0.25, -0.2) is 13.4 Å². The summed E-state index contributed by atoms with van der Waals surface area (Å²) in [5, 5.41) is 2.72. The van der Waals surface area contributed by atoms with Crippen molar-refractivity contribution in [1.82, 2.24) is 10.3 Å². The Bertz CT molecular complexity index is 596. The van der Waals surface area contributed by atoms with Gasteiger partial charge in [0.2, 0.25) is 5.88 Å². The molecule has 0 bridgehead atoms. The molecule has 0 radical (unpaired) electrons. The molecule has 0 aliphatic carbocycles. The van der Waals surface area contributed by atoms with E-state index >= 15 is 0 Å². The first-order valence-electron chi connectivity index (χ1n) is 6.96. The molecule has 1 fully saturated rings. The summed E-state index contributed by atoms with van der Waals surface area (Å²) in [6.07, 6.45) is 1.91. The fourth-order valence-corrected chi connectivity index (χ4v) is 3.70. The monoisotopic (exact) mass is 312 g/mol. The first kappa shape index (κ1) is 15.8. The van der Waals surface area contributed by atoms with Crippen LogP contribution in [0.15, 0.2) is 18.3 Å². The van der Waals surface area contributed by atoms with Crippen molar-refractivity contribution in [3.63, 3.8) is 0 Å². The Morgan fingerprint density at radius 2 is 2.24 bits per heavy atom. The quantitative estimate of drug-likeness (QED) is 0.878. The third-order valence-corrected chi connectivity index (χ3v) is 4.90. The van der Waals surface area contributed by atoms with Gasteiger partial charge in [0.05, 0.1) is 23.7 Å². The van der Waals surface area contributed by atoms with Crippen molar-refractivity contribution in [2.24, 2.45) is 5.92 Å². The Labute approximate surface area is 124 Å². The smallest absolute Gasteiger partial charge is 0.253 e. The van der Waals surface area contributed by atoms with E-state index in [9.17, 15) is 13.2 Å². The van der Waals surface area contributed by atoms with Crippen LogP contribution in [0.5, 0.6) is 5.88 Å². The van der Waals surface area contributed by atoms with Crippen molar-refractivity contribution in [3.05, 3.63) is 23.9 Å². The van der Waals surface area contributed by atoms with E-state index in [-0.39, 0.29) is 23.5 Å². The fraction of sp³-hybridized carbons (Fsp3) is 0.571. The highest BCUT2D eigenvalue weighted by Gasteiger charge is 2.29. The van der Waals surface area contributed by atoms with Gasteiger partial charge < -0.3 is 10.1 Å². The summed E-state index contributed by atoms with van der Waals surface area (Å²) in [4.78, 5) is 16.1. The van der Waals surface area contributed by atoms with Gasteiger partial charge in [-0.05, 0) is 18.4 Å². The number of ether oxygens (including phenoxy) is 1. The number of hydrogen-bond acceptors (Lipinski definition) is 5. The van der Waals surface area contributed by atoms with Gasteiger partial charge in [0.15, 0.2) is 9.84 Å². The van der Waals surface area contributed by atoms with E-state index < -0.39 is 9.84 Å². The number of carbonyl (C=O) groups excluding carboxylic acids is 1. The molecule has 1 N–H and O–H groups in total. The molecule has 6 nitrogen and oxygen atoms in total. The van der Waals surface area contributed by atoms with E-state index in [0.29, 0.717) is 30.4 Å². The maximum Gasteiger partial charge on any atom is 0.253 e. The lowest BCUT2D eigenvalue weighted by Crippen LogP contribution is -2.35. The zero-order chi connectivity index (χ0) is 15.5. The minimum atomic E-state index is -3.00. The summed E-state index contributed by atoms with van der Waals surface area (Å²) in [6, 6.07) is 2.96. The molecule has 1 amide bonds. The summed E-state index contributed by atoms with van der Waals surface area (Å²) in [6.45, 7) is 4.65. The van der Waals surface area contributed by atoms with Crippen LogP contribution in [0.3, 0.4) is 0 Å². The number of sulfone groups is 1. The predicted molar refractivity (Wildman–Crippen MR) is 79.1 cm³/mol. The van der Waals surface area contributed by atoms with Crippen LogP contribution in [0, 0.1) is 5.92 Å². The van der Waals surface area contributed by atoms with Crippen LogP contribution in [0.25, 0.3) is 0 Å². The second kappa shape index (κ2) is 6.43. The SMILES string of the molecule is CC(C)COc1ccc(C(=O)N[C@@H]2CCS(=O)(=O)C2)cn1. The number of pyridine rings is 1. The lowest BCUT2D eigenvalue weighted by molar-refractivity contribution is 0.0940. The van der Waals surface area contributed by atoms with Crippen molar-refractivity contribution < 1.29 is 17.9 Å². The molecule has 2 heterocycles. The van der Waals surface area contributed by atoms with Crippen LogP contribution < -0.4 is 10.1 Å². The molecule has 1 aromatic heterocycles. The lowest BCUT2D eigenvalue weighted by Gasteiger charge is -2.11. The van der Waals surface area contributed by atoms with Crippen molar-refractivity contribution >= 4 is 15.7 Å². The molecule has 0 unspecified atom stereocenters. The molecule has 1 atom stereocenters. The standard InChI is InChI=1S/C14H20N2O4S/c1-10(2)8-20-13-4-3-11(7-15-13)14(17)16-12-5-6-21(18,19)9-12/h3-4,7,10,12H,5-6,8-9H2,1-2H3,(H,16,17)/t12-/m1/s1. The average Bonchev–Trinajstić information content (AvgIpc) is 2.76. The zero-order valence-corrected chi connectivity index (χ0v) is 13.0. The summed E-state index contributed by atoms with van der Waals surface area (Å²) >= 11 is 0. The fourth-order valence-electron chi connectivity index (χ4n) is 2.03. The van der Waals surface area contributed by atoms with Gasteiger partial charge in [0.25, 0.3) is 5.91 Å². The molecular weight excluding hydrogens is 292 g/mol. The molecule has 7 heteroatoms. The van der Waals surface area contributed by atoms with E-state index in [0.717, 1.165) is 0 Å². The third-order valence-electron chi connectivity index (χ3n) is 3.13. The number of aromatic nitrogens is 1. The minimum absolute atomic E-state index is 0.0156. The second-order valence-electron chi connectivity index (χ2n) is 5.66. The highest BCUT2D eigenvalue weighted by atomic mass is 32.2. The first-order chi connectivity index (χ1) is 9.85. The van der Waals surface area contributed by atoms with Crippen LogP contribution in [0.2, 0.25) is 0 Å². The van der Waals surface area contributed by atoms with Crippen LogP contribution in [-0.2, 0) is 9.84 Å². The molecule has 0 aromatic carbocycles. The van der Waals surface area contributed by atoms with E-state index in [1.54, 1.807) is 12.1 Å². The number of rotatable bonds is 5. The molecule has 0 spiro atoms. The second-order valence-corrected chi connectivity index (χ2v) is 7.89. The van der Waals surface area contributed by atoms with Gasteiger partial charge in [-0.3, -0.25) is 4.79 Å². The lowest BCUT2D eigenvalue weighted by atomic mass is 10.2. The number of carbonyl (C=O) groups is 1. The molecule has 2 rings (SSSR count). The first-order valence-corrected chi connectivity index (χ1v) is 8.78. The Balaban J connectivity index is 1.91. The van der Waals surface area contributed by atoms with Crippen molar-refractivity contribution in [1.29, 1.82) is 0 Å². The summed E-state index contributed by atoms with van der Waals surface area (Å²) in [5.74, 6) is 0.725. The normalized spacial score (nSPS) is 20.4. The Kier molecular flexibility index (Phi) is 4.82. The number of nitrogens with zero attached hydrogens (tertiary/aromatic N) is 1. The molecular formula is C14H20N2O4S. The van der Waals surface area contributed by atoms with Gasteiger partial charge in [-0.1, -0.05) is 13.8 Å². The van der Waals surface area contributed by atoms with Crippen molar-refractivity contribution in [2.45, 2.75) is 26.3 Å². The van der Waals surface area contributed by atoms with Gasteiger partial charge in [0.1, 0.15) is 0 Å². The maximum absolute atomic E-state index is 12.0. The van der Waals surface area contributed by atoms with E-state index in [1.165, 1.54) is 6.20 Å². The van der Waals surface area contributed by atoms with Crippen molar-refractivity contribution in [2.75, 3.05) is 18.1 Å². The van der Waals surface area contributed by atoms with Gasteiger partial charge >= 0.3 is 0 Å². The largest absolute Gasteiger partial charge is 0.477 e. The molecule has 1 aliphatic rings. The highest BCUT2D eigenvalue weighted by molar-refractivity contribution is 7.91. The van der Waals surface area contributed by atoms with Crippen LogP contribution in [0.4, 0.5) is 0 Å². The Morgan fingerprint density at radius 1 is 1.48 bits per heavy atom. The van der Waals surface area contributed by atoms with Gasteiger partial charge in [-0.15, -0.1) is 0 Å². The van der Waals surface area contributed by atoms with E-state index in [2.05, 4.69) is 10.3 Å². The van der Waals surface area contributed by atoms with E-state index in [4.69, 9.17) is 4.74 Å². The number of amides is 1. The summed E-state index contributed by atoms with van der Waals surface area (Å²) in [5.41, 5.74) is 0.399. The molecule has 116 valence electrons. The van der Waals surface area contributed by atoms with E-state index in [1.807, 2.05) is 13.8 Å². The third kappa shape index (κ3) is 4.70. The minimum Gasteiger partial charge on any atom is -0.477 e. The summed E-state index contributed by atoms with van der Waals surface area (Å²) < 4.78 is 28.1. The summed E-state index contributed by atoms with van der Waals surface area (Å²) in [7, 11) is -3.00. The zero-order valence-electron chi connectivity index (χ0n) is 12.2. The number of nitrogens with one attached hydrogen (secondary N) is 1. The van der Waals surface area contributed by atoms with Crippen LogP contribution >= 0.6 is 0 Å². The number of hydrogen-bond donors (Lipinski definition) is 1. The van der Waals surface area contributed by atoms with Crippen LogP contribution in [-0.4, -0.2) is 43.5 Å². The van der Waals surface area contributed by atoms with Crippen LogP contribution in [0.1, 0.15) is 30.6 Å². The Morgan fingerprint density at radius 3 is 2.76 bits per heavy atom. The molecule has 21 heavy (non-hydrogen) atoms. The molecule has 0 saturated carbocycles. The highest BCUT2D eigenvalue weighted by Crippen LogP contribution is 2.13. The predicted octanol–water partition coefficient (Wildman–Crippen LogP) is 1.03. The topological polar surface area (TPSA) is 85.4 Å². The average molecular weight is 312 g/mol. The molecule has 1 saturated heterocycles. The van der Waals surface area contributed by atoms with Gasteiger partial charge in [-0.2, -0.15) is 0 Å². The van der Waals surface area contributed by atoms with Gasteiger partial charge in [0, 0.05) is 18.3 Å². The maximum atomic E-state index is 12.0. The Hall–Kier alpha value is -1.63.